The topological polar surface area (TPSA) is 152 Å². The molecular formula is C41H56O11SSi. The minimum absolute atomic E-state index is 0.0418. The number of hydrogen-bond acceptors (Lipinski definition) is 11. The van der Waals surface area contributed by atoms with Crippen molar-refractivity contribution in [2.24, 2.45) is 22.7 Å². The summed E-state index contributed by atoms with van der Waals surface area (Å²) in [5.74, 6) is -2.99. The summed E-state index contributed by atoms with van der Waals surface area (Å²) >= 11 is 0. The van der Waals surface area contributed by atoms with Crippen molar-refractivity contribution < 1.29 is 50.7 Å². The standard InChI is InChI=1S/C41H56O11SSi/c1-38(2,3)54(9,10)52-32-23-18-28(25-50-53(8,46)47)33-36(51-37(44)27-14-12-11-13-15-27)41(45)31(42)22-21-30(39(41,4)5)34(35(43)40(32,33)6)49-24-26-16-19-29(48-7)20-17-26/h11-20,30,32-34,36,45H,21-25H2,1-10H3/t30-,32+,33+,34-,36+,40-,41-/m1/s1. The highest BCUT2D eigenvalue weighted by atomic mass is 32.2. The summed E-state index contributed by atoms with van der Waals surface area (Å²) in [5.41, 5.74) is -4.10. The smallest absolute Gasteiger partial charge is 0.338 e. The largest absolute Gasteiger partial charge is 0.497 e. The number of methoxy groups -OCH3 is 1. The Labute approximate surface area is 321 Å². The maximum atomic E-state index is 15.8. The molecule has 3 aliphatic rings. The molecule has 0 saturated heterocycles. The second kappa shape index (κ2) is 15.0. The van der Waals surface area contributed by atoms with E-state index < -0.39 is 83.4 Å². The molecule has 2 bridgehead atoms. The van der Waals surface area contributed by atoms with Gasteiger partial charge in [0.25, 0.3) is 10.1 Å². The SMILES string of the molecule is COc1ccc(CO[C@H]2C(=O)[C@]3(C)[C@@H](O[Si](C)(C)C(C)(C)C)CC=C(COS(C)(=O)=O)[C@H]3[C@H](OC(=O)c3ccccc3)[C@]3(O)C(=O)CC[C@H]2C3(C)C)cc1. The molecule has 0 aromatic heterocycles. The molecule has 7 atom stereocenters. The highest BCUT2D eigenvalue weighted by Gasteiger charge is 2.72. The number of hydrogen-bond donors (Lipinski definition) is 1. The molecule has 2 aromatic rings. The molecule has 13 heteroatoms. The van der Waals surface area contributed by atoms with Crippen LogP contribution in [0, 0.1) is 22.7 Å². The number of benzene rings is 2. The van der Waals surface area contributed by atoms with Gasteiger partial charge in [-0.2, -0.15) is 8.42 Å². The van der Waals surface area contributed by atoms with Crippen LogP contribution in [0.5, 0.6) is 5.75 Å². The molecule has 11 nitrogen and oxygen atoms in total. The minimum atomic E-state index is -4.00. The average molecular weight is 785 g/mol. The number of carbonyl (C=O) groups is 3. The van der Waals surface area contributed by atoms with Crippen LogP contribution in [0.2, 0.25) is 18.1 Å². The van der Waals surface area contributed by atoms with Gasteiger partial charge in [-0.1, -0.05) is 71.0 Å². The van der Waals surface area contributed by atoms with Gasteiger partial charge in [-0.3, -0.25) is 13.8 Å². The molecule has 2 aromatic carbocycles. The molecule has 2 saturated carbocycles. The first kappa shape index (κ1) is 41.9. The predicted octanol–water partition coefficient (Wildman–Crippen LogP) is 6.44. The van der Waals surface area contributed by atoms with Gasteiger partial charge in [0.15, 0.2) is 25.5 Å². The van der Waals surface area contributed by atoms with E-state index in [1.165, 1.54) is 0 Å². The van der Waals surface area contributed by atoms with Crippen LogP contribution in [0.1, 0.15) is 76.7 Å². The van der Waals surface area contributed by atoms with Crippen molar-refractivity contribution in [3.8, 4) is 5.75 Å². The fraction of sp³-hybridized carbons (Fsp3) is 0.585. The monoisotopic (exact) mass is 784 g/mol. The molecule has 0 aliphatic heterocycles. The maximum absolute atomic E-state index is 15.8. The van der Waals surface area contributed by atoms with Gasteiger partial charge in [-0.05, 0) is 73.3 Å². The summed E-state index contributed by atoms with van der Waals surface area (Å²) in [7, 11) is -5.07. The zero-order chi connectivity index (χ0) is 40.1. The second-order valence-corrected chi connectivity index (χ2v) is 23.7. The van der Waals surface area contributed by atoms with E-state index >= 15 is 4.79 Å². The van der Waals surface area contributed by atoms with E-state index in [-0.39, 0.29) is 42.3 Å². The van der Waals surface area contributed by atoms with Crippen LogP contribution in [-0.2, 0) is 44.4 Å². The fourth-order valence-corrected chi connectivity index (χ4v) is 10.1. The van der Waals surface area contributed by atoms with Gasteiger partial charge < -0.3 is 23.7 Å². The number of esters is 1. The van der Waals surface area contributed by atoms with Gasteiger partial charge in [0.1, 0.15) is 18.0 Å². The van der Waals surface area contributed by atoms with E-state index in [4.69, 9.17) is 22.8 Å². The lowest BCUT2D eigenvalue weighted by molar-refractivity contribution is -0.234. The predicted molar refractivity (Wildman–Crippen MR) is 206 cm³/mol. The lowest BCUT2D eigenvalue weighted by Crippen LogP contribution is -2.75. The van der Waals surface area contributed by atoms with Crippen LogP contribution < -0.4 is 4.74 Å². The number of carbonyl (C=O) groups excluding carboxylic acids is 3. The van der Waals surface area contributed by atoms with Crippen LogP contribution in [0.4, 0.5) is 0 Å². The summed E-state index contributed by atoms with van der Waals surface area (Å²) in [6.45, 7) is 15.1. The third-order valence-corrected chi connectivity index (χ3v) is 17.7. The summed E-state index contributed by atoms with van der Waals surface area (Å²) in [6.07, 6.45) is -0.617. The van der Waals surface area contributed by atoms with Crippen molar-refractivity contribution in [1.29, 1.82) is 0 Å². The Morgan fingerprint density at radius 1 is 0.981 bits per heavy atom. The van der Waals surface area contributed by atoms with Gasteiger partial charge in [0.2, 0.25) is 0 Å². The number of aliphatic hydroxyl groups is 1. The molecule has 0 amide bonds. The fourth-order valence-electron chi connectivity index (χ4n) is 8.34. The van der Waals surface area contributed by atoms with Crippen LogP contribution in [0.3, 0.4) is 0 Å². The highest BCUT2D eigenvalue weighted by Crippen LogP contribution is 2.60. The molecule has 0 unspecified atom stereocenters. The van der Waals surface area contributed by atoms with Crippen molar-refractivity contribution in [3.05, 3.63) is 77.4 Å². The van der Waals surface area contributed by atoms with Gasteiger partial charge in [-0.15, -0.1) is 0 Å². The molecule has 0 heterocycles. The van der Waals surface area contributed by atoms with Crippen LogP contribution in [0.25, 0.3) is 0 Å². The summed E-state index contributed by atoms with van der Waals surface area (Å²) in [5, 5.41) is 13.0. The molecular weight excluding hydrogens is 729 g/mol. The van der Waals surface area contributed by atoms with Crippen molar-refractivity contribution in [2.45, 2.75) is 109 Å². The molecule has 296 valence electrons. The lowest BCUT2D eigenvalue weighted by Gasteiger charge is -2.62. The normalized spacial score (nSPS) is 30.1. The number of rotatable bonds is 11. The van der Waals surface area contributed by atoms with E-state index in [1.807, 2.05) is 12.1 Å². The molecule has 2 fully saturated rings. The third kappa shape index (κ3) is 7.64. The van der Waals surface area contributed by atoms with Gasteiger partial charge in [0, 0.05) is 23.7 Å². The van der Waals surface area contributed by atoms with Gasteiger partial charge in [-0.25, -0.2) is 4.79 Å². The zero-order valence-electron chi connectivity index (χ0n) is 33.1. The maximum Gasteiger partial charge on any atom is 0.338 e. The second-order valence-electron chi connectivity index (χ2n) is 17.3. The number of Topliss-reactive ketones (excluding diaryl/α,β-unsaturated/α-hetero) is 2. The van der Waals surface area contributed by atoms with Gasteiger partial charge >= 0.3 is 5.97 Å². The van der Waals surface area contributed by atoms with Crippen LogP contribution in [-0.4, -0.2) is 83.3 Å². The zero-order valence-corrected chi connectivity index (χ0v) is 35.0. The Hall–Kier alpha value is -3.20. The summed E-state index contributed by atoms with van der Waals surface area (Å²) in [4.78, 5) is 44.4. The average Bonchev–Trinajstić information content (AvgIpc) is 3.10. The van der Waals surface area contributed by atoms with Crippen molar-refractivity contribution >= 4 is 36.0 Å². The molecule has 1 N–H and O–H groups in total. The first-order chi connectivity index (χ1) is 25.0. The molecule has 0 radical (unpaired) electrons. The quantitative estimate of drug-likeness (QED) is 0.116. The molecule has 0 spiro atoms. The third-order valence-electron chi connectivity index (χ3n) is 12.7. The Morgan fingerprint density at radius 3 is 2.19 bits per heavy atom. The van der Waals surface area contributed by atoms with E-state index in [0.717, 1.165) is 11.8 Å². The summed E-state index contributed by atoms with van der Waals surface area (Å²) < 4.78 is 55.8. The van der Waals surface area contributed by atoms with Gasteiger partial charge in [0.05, 0.1) is 43.7 Å². The number of ketones is 2. The van der Waals surface area contributed by atoms with E-state index in [0.29, 0.717) is 11.3 Å². The van der Waals surface area contributed by atoms with Crippen molar-refractivity contribution in [1.82, 2.24) is 0 Å². The Bertz CT molecular complexity index is 1870. The Kier molecular flexibility index (Phi) is 11.7. The molecule has 3 aliphatic carbocycles. The van der Waals surface area contributed by atoms with Crippen LogP contribution >= 0.6 is 0 Å². The number of fused-ring (bicyclic) bond motifs is 3. The van der Waals surface area contributed by atoms with E-state index in [9.17, 15) is 23.1 Å². The van der Waals surface area contributed by atoms with Crippen molar-refractivity contribution in [2.75, 3.05) is 20.0 Å². The van der Waals surface area contributed by atoms with E-state index in [2.05, 4.69) is 33.9 Å². The number of ether oxygens (including phenoxy) is 3. The first-order valence-corrected chi connectivity index (χ1v) is 23.2. The Balaban J connectivity index is 1.77. The van der Waals surface area contributed by atoms with E-state index in [1.54, 1.807) is 76.4 Å². The highest BCUT2D eigenvalue weighted by molar-refractivity contribution is 7.86. The van der Waals surface area contributed by atoms with Crippen LogP contribution in [0.15, 0.2) is 66.2 Å². The molecule has 54 heavy (non-hydrogen) atoms. The minimum Gasteiger partial charge on any atom is -0.497 e. The first-order valence-electron chi connectivity index (χ1n) is 18.5. The van der Waals surface area contributed by atoms with Crippen molar-refractivity contribution in [3.63, 3.8) is 0 Å². The lowest BCUT2D eigenvalue weighted by atomic mass is 9.46. The molecule has 5 rings (SSSR count). The Morgan fingerprint density at radius 2 is 1.61 bits per heavy atom. The summed E-state index contributed by atoms with van der Waals surface area (Å²) in [6, 6.07) is 15.5.